The van der Waals surface area contributed by atoms with Gasteiger partial charge in [0.15, 0.2) is 11.5 Å². The Morgan fingerprint density at radius 2 is 1.93 bits per heavy atom. The Morgan fingerprint density at radius 1 is 1.18 bits per heavy atom. The number of carbonyl (C=O) groups excluding carboxylic acids is 1. The van der Waals surface area contributed by atoms with Crippen molar-refractivity contribution in [3.05, 3.63) is 22.7 Å². The van der Waals surface area contributed by atoms with Crippen molar-refractivity contribution >= 4 is 17.5 Å². The molecule has 0 N–H and O–H groups in total. The fourth-order valence-corrected chi connectivity index (χ4v) is 4.92. The zero-order valence-electron chi connectivity index (χ0n) is 16.7. The largest absolute Gasteiger partial charge is 0.486 e. The lowest BCUT2D eigenvalue weighted by Crippen LogP contribution is -2.51. The van der Waals surface area contributed by atoms with Crippen LogP contribution in [-0.4, -0.2) is 73.3 Å². The van der Waals surface area contributed by atoms with E-state index in [9.17, 15) is 4.79 Å². The van der Waals surface area contributed by atoms with Gasteiger partial charge >= 0.3 is 0 Å². The normalized spacial score (nSPS) is 27.8. The van der Waals surface area contributed by atoms with Crippen molar-refractivity contribution < 1.29 is 19.0 Å². The standard InChI is InChI=1S/C21H29ClN2O4/c1-14-11-23(12-15(2)28-14)13-17-4-3-5-24(17)20(25)10-16-8-18(22)21-19(9-16)26-6-7-27-21/h8-9,14-15,17H,3-7,10-13H2,1-2H3. The lowest BCUT2D eigenvalue weighted by molar-refractivity contribution is -0.132. The summed E-state index contributed by atoms with van der Waals surface area (Å²) in [5, 5.41) is 0.509. The molecule has 4 rings (SSSR count). The molecule has 1 aromatic rings. The van der Waals surface area contributed by atoms with E-state index in [-0.39, 0.29) is 24.2 Å². The highest BCUT2D eigenvalue weighted by Crippen LogP contribution is 2.38. The van der Waals surface area contributed by atoms with E-state index in [0.29, 0.717) is 36.2 Å². The van der Waals surface area contributed by atoms with Gasteiger partial charge < -0.3 is 19.1 Å². The number of ether oxygens (including phenoxy) is 3. The van der Waals surface area contributed by atoms with Crippen molar-refractivity contribution in [3.8, 4) is 11.5 Å². The predicted octanol–water partition coefficient (Wildman–Crippen LogP) is 2.75. The van der Waals surface area contributed by atoms with Gasteiger partial charge in [0.2, 0.25) is 5.91 Å². The minimum absolute atomic E-state index is 0.157. The average Bonchev–Trinajstić information content (AvgIpc) is 3.09. The van der Waals surface area contributed by atoms with Crippen LogP contribution < -0.4 is 9.47 Å². The molecule has 3 unspecified atom stereocenters. The fourth-order valence-electron chi connectivity index (χ4n) is 4.63. The number of hydrogen-bond donors (Lipinski definition) is 0. The Hall–Kier alpha value is -1.50. The van der Waals surface area contributed by atoms with Gasteiger partial charge in [0, 0.05) is 32.2 Å². The van der Waals surface area contributed by atoms with Crippen molar-refractivity contribution in [2.75, 3.05) is 39.4 Å². The number of halogens is 1. The van der Waals surface area contributed by atoms with Gasteiger partial charge in [0.05, 0.1) is 23.7 Å². The number of carbonyl (C=O) groups is 1. The Labute approximate surface area is 171 Å². The molecule has 0 spiro atoms. The summed E-state index contributed by atoms with van der Waals surface area (Å²) in [6, 6.07) is 3.98. The highest BCUT2D eigenvalue weighted by molar-refractivity contribution is 6.32. The summed E-state index contributed by atoms with van der Waals surface area (Å²) in [4.78, 5) is 17.5. The first-order valence-corrected chi connectivity index (χ1v) is 10.6. The number of morpholine rings is 1. The summed E-state index contributed by atoms with van der Waals surface area (Å²) >= 11 is 6.33. The highest BCUT2D eigenvalue weighted by Gasteiger charge is 2.32. The molecule has 0 radical (unpaired) electrons. The number of benzene rings is 1. The summed E-state index contributed by atoms with van der Waals surface area (Å²) in [7, 11) is 0. The molecule has 6 nitrogen and oxygen atoms in total. The molecule has 2 saturated heterocycles. The second kappa shape index (κ2) is 8.47. The number of nitrogens with zero attached hydrogens (tertiary/aromatic N) is 2. The predicted molar refractivity (Wildman–Crippen MR) is 107 cm³/mol. The Morgan fingerprint density at radius 3 is 2.71 bits per heavy atom. The molecule has 0 aliphatic carbocycles. The van der Waals surface area contributed by atoms with Crippen molar-refractivity contribution in [1.29, 1.82) is 0 Å². The molecular weight excluding hydrogens is 380 g/mol. The van der Waals surface area contributed by atoms with Crippen LogP contribution in [-0.2, 0) is 16.0 Å². The minimum atomic E-state index is 0.157. The van der Waals surface area contributed by atoms with E-state index in [1.165, 1.54) is 0 Å². The van der Waals surface area contributed by atoms with E-state index >= 15 is 0 Å². The van der Waals surface area contributed by atoms with Crippen LogP contribution in [0.15, 0.2) is 12.1 Å². The van der Waals surface area contributed by atoms with E-state index in [4.69, 9.17) is 25.8 Å². The fraction of sp³-hybridized carbons (Fsp3) is 0.667. The van der Waals surface area contributed by atoms with E-state index in [1.54, 1.807) is 0 Å². The molecule has 0 saturated carbocycles. The first-order valence-electron chi connectivity index (χ1n) is 10.2. The maximum absolute atomic E-state index is 13.0. The minimum Gasteiger partial charge on any atom is -0.486 e. The molecule has 3 aliphatic rings. The van der Waals surface area contributed by atoms with Crippen LogP contribution in [0.1, 0.15) is 32.3 Å². The van der Waals surface area contributed by atoms with Crippen LogP contribution in [0, 0.1) is 0 Å². The smallest absolute Gasteiger partial charge is 0.227 e. The van der Waals surface area contributed by atoms with E-state index < -0.39 is 0 Å². The Balaban J connectivity index is 1.40. The molecule has 7 heteroatoms. The third kappa shape index (κ3) is 4.39. The van der Waals surface area contributed by atoms with Gasteiger partial charge in [-0.3, -0.25) is 9.69 Å². The molecule has 3 aliphatic heterocycles. The maximum Gasteiger partial charge on any atom is 0.227 e. The number of hydrogen-bond acceptors (Lipinski definition) is 5. The number of fused-ring (bicyclic) bond motifs is 1. The molecule has 0 bridgehead atoms. The molecule has 3 atom stereocenters. The van der Waals surface area contributed by atoms with Crippen LogP contribution in [0.5, 0.6) is 11.5 Å². The zero-order valence-corrected chi connectivity index (χ0v) is 17.4. The van der Waals surface area contributed by atoms with Crippen molar-refractivity contribution in [2.45, 2.75) is 51.4 Å². The SMILES string of the molecule is CC1CN(CC2CCCN2C(=O)Cc2cc(Cl)c3c(c2)OCCO3)CC(C)O1. The van der Waals surface area contributed by atoms with Crippen molar-refractivity contribution in [1.82, 2.24) is 9.80 Å². The summed E-state index contributed by atoms with van der Waals surface area (Å²) in [6.07, 6.45) is 2.95. The summed E-state index contributed by atoms with van der Waals surface area (Å²) in [6.45, 7) is 8.85. The van der Waals surface area contributed by atoms with Crippen LogP contribution in [0.25, 0.3) is 0 Å². The Bertz CT molecular complexity index is 719. The first-order chi connectivity index (χ1) is 13.5. The maximum atomic E-state index is 13.0. The van der Waals surface area contributed by atoms with Gasteiger partial charge in [0.1, 0.15) is 13.2 Å². The van der Waals surface area contributed by atoms with Gasteiger partial charge in [-0.15, -0.1) is 0 Å². The second-order valence-electron chi connectivity index (χ2n) is 8.14. The zero-order chi connectivity index (χ0) is 19.7. The quantitative estimate of drug-likeness (QED) is 0.766. The Kier molecular flexibility index (Phi) is 5.99. The lowest BCUT2D eigenvalue weighted by Gasteiger charge is -2.38. The van der Waals surface area contributed by atoms with E-state index in [2.05, 4.69) is 23.6 Å². The van der Waals surface area contributed by atoms with Gasteiger partial charge in [0.25, 0.3) is 0 Å². The third-order valence-electron chi connectivity index (χ3n) is 5.67. The van der Waals surface area contributed by atoms with Crippen molar-refractivity contribution in [3.63, 3.8) is 0 Å². The number of rotatable bonds is 4. The van der Waals surface area contributed by atoms with Gasteiger partial charge in [-0.25, -0.2) is 0 Å². The molecule has 0 aromatic heterocycles. The molecule has 1 aromatic carbocycles. The van der Waals surface area contributed by atoms with E-state index in [0.717, 1.165) is 44.6 Å². The van der Waals surface area contributed by atoms with Crippen LogP contribution >= 0.6 is 11.6 Å². The lowest BCUT2D eigenvalue weighted by atomic mass is 10.1. The first kappa shape index (κ1) is 19.8. The topological polar surface area (TPSA) is 51.2 Å². The summed E-state index contributed by atoms with van der Waals surface area (Å²) in [5.41, 5.74) is 0.874. The average molecular weight is 409 g/mol. The number of amides is 1. The van der Waals surface area contributed by atoms with Crippen LogP contribution in [0.2, 0.25) is 5.02 Å². The van der Waals surface area contributed by atoms with Crippen molar-refractivity contribution in [2.24, 2.45) is 0 Å². The molecule has 3 heterocycles. The van der Waals surface area contributed by atoms with Crippen LogP contribution in [0.4, 0.5) is 0 Å². The monoisotopic (exact) mass is 408 g/mol. The number of likely N-dealkylation sites (tertiary alicyclic amines) is 1. The second-order valence-corrected chi connectivity index (χ2v) is 8.54. The van der Waals surface area contributed by atoms with Gasteiger partial charge in [-0.05, 0) is 44.4 Å². The summed E-state index contributed by atoms with van der Waals surface area (Å²) in [5.74, 6) is 1.37. The van der Waals surface area contributed by atoms with Crippen LogP contribution in [0.3, 0.4) is 0 Å². The molecule has 28 heavy (non-hydrogen) atoms. The highest BCUT2D eigenvalue weighted by atomic mass is 35.5. The molecular formula is C21H29ClN2O4. The molecule has 154 valence electrons. The molecule has 1 amide bonds. The third-order valence-corrected chi connectivity index (χ3v) is 5.95. The summed E-state index contributed by atoms with van der Waals surface area (Å²) < 4.78 is 17.0. The molecule has 2 fully saturated rings. The van der Waals surface area contributed by atoms with E-state index in [1.807, 2.05) is 12.1 Å². The van der Waals surface area contributed by atoms with Gasteiger partial charge in [-0.1, -0.05) is 11.6 Å². The van der Waals surface area contributed by atoms with Gasteiger partial charge in [-0.2, -0.15) is 0 Å².